The Morgan fingerprint density at radius 3 is 2.35 bits per heavy atom. The van der Waals surface area contributed by atoms with Crippen molar-refractivity contribution in [2.75, 3.05) is 39.5 Å². The molecule has 1 saturated heterocycles. The van der Waals surface area contributed by atoms with Gasteiger partial charge < -0.3 is 14.8 Å². The Hall–Kier alpha value is -0.160. The lowest BCUT2D eigenvalue weighted by molar-refractivity contribution is -0.0118. The van der Waals surface area contributed by atoms with Crippen LogP contribution >= 0.6 is 0 Å². The first-order chi connectivity index (χ1) is 9.53. The predicted molar refractivity (Wildman–Crippen MR) is 82.1 cm³/mol. The monoisotopic (exact) mass is 284 g/mol. The zero-order valence-corrected chi connectivity index (χ0v) is 13.5. The number of hydrogen-bond acceptors (Lipinski definition) is 4. The van der Waals surface area contributed by atoms with Gasteiger partial charge in [0.1, 0.15) is 0 Å². The zero-order valence-electron chi connectivity index (χ0n) is 13.5. The molecule has 0 atom stereocenters. The van der Waals surface area contributed by atoms with Gasteiger partial charge in [0.25, 0.3) is 0 Å². The van der Waals surface area contributed by atoms with Crippen molar-refractivity contribution in [3.63, 3.8) is 0 Å². The van der Waals surface area contributed by atoms with Crippen molar-refractivity contribution in [2.45, 2.75) is 64.1 Å². The second kappa shape index (κ2) is 7.74. The van der Waals surface area contributed by atoms with Crippen LogP contribution in [0, 0.1) is 0 Å². The van der Waals surface area contributed by atoms with Gasteiger partial charge in [-0.3, -0.25) is 4.90 Å². The molecule has 118 valence electrons. The molecule has 2 aliphatic rings. The molecule has 1 saturated carbocycles. The van der Waals surface area contributed by atoms with Gasteiger partial charge in [0.15, 0.2) is 0 Å². The Balaban J connectivity index is 1.55. The number of ether oxygens (including phenoxy) is 2. The normalized spacial score (nSPS) is 29.6. The van der Waals surface area contributed by atoms with Crippen LogP contribution in [0.5, 0.6) is 0 Å². The molecule has 0 aromatic carbocycles. The molecule has 1 aliphatic carbocycles. The van der Waals surface area contributed by atoms with Crippen LogP contribution in [0.4, 0.5) is 0 Å². The molecule has 0 bridgehead atoms. The van der Waals surface area contributed by atoms with E-state index >= 15 is 0 Å². The van der Waals surface area contributed by atoms with E-state index in [1.807, 2.05) is 0 Å². The van der Waals surface area contributed by atoms with Gasteiger partial charge in [0.2, 0.25) is 0 Å². The summed E-state index contributed by atoms with van der Waals surface area (Å²) in [5.41, 5.74) is 0.231. The largest absolute Gasteiger partial charge is 0.379 e. The number of morpholine rings is 1. The van der Waals surface area contributed by atoms with Gasteiger partial charge in [-0.2, -0.15) is 0 Å². The van der Waals surface area contributed by atoms with Gasteiger partial charge in [-0.1, -0.05) is 0 Å². The summed E-state index contributed by atoms with van der Waals surface area (Å²) >= 11 is 0. The molecule has 1 aliphatic heterocycles. The molecular weight excluding hydrogens is 252 g/mol. The van der Waals surface area contributed by atoms with E-state index in [1.54, 1.807) is 0 Å². The van der Waals surface area contributed by atoms with E-state index in [1.165, 1.54) is 25.7 Å². The molecule has 20 heavy (non-hydrogen) atoms. The van der Waals surface area contributed by atoms with Crippen molar-refractivity contribution in [3.8, 4) is 0 Å². The highest BCUT2D eigenvalue weighted by Gasteiger charge is 2.24. The summed E-state index contributed by atoms with van der Waals surface area (Å²) < 4.78 is 11.4. The summed E-state index contributed by atoms with van der Waals surface area (Å²) in [6.45, 7) is 12.6. The first-order valence-electron chi connectivity index (χ1n) is 8.22. The van der Waals surface area contributed by atoms with E-state index in [4.69, 9.17) is 9.47 Å². The Morgan fingerprint density at radius 1 is 1.10 bits per heavy atom. The second-order valence-electron chi connectivity index (χ2n) is 7.19. The Morgan fingerprint density at radius 2 is 1.75 bits per heavy atom. The maximum absolute atomic E-state index is 6.05. The molecule has 0 radical (unpaired) electrons. The molecule has 0 aromatic rings. The molecule has 0 unspecified atom stereocenters. The summed E-state index contributed by atoms with van der Waals surface area (Å²) in [7, 11) is 0. The van der Waals surface area contributed by atoms with Crippen molar-refractivity contribution in [1.82, 2.24) is 10.2 Å². The predicted octanol–water partition coefficient (Wildman–Crippen LogP) is 2.03. The highest BCUT2D eigenvalue weighted by Crippen LogP contribution is 2.22. The van der Waals surface area contributed by atoms with Crippen LogP contribution in [0.1, 0.15) is 46.5 Å². The third-order valence-corrected chi connectivity index (χ3v) is 4.18. The average molecular weight is 284 g/mol. The Labute approximate surface area is 124 Å². The van der Waals surface area contributed by atoms with E-state index in [2.05, 4.69) is 31.0 Å². The Kier molecular flexibility index (Phi) is 6.27. The fourth-order valence-corrected chi connectivity index (χ4v) is 3.16. The van der Waals surface area contributed by atoms with Crippen LogP contribution in [0.2, 0.25) is 0 Å². The molecule has 4 nitrogen and oxygen atoms in total. The minimum atomic E-state index is 0.231. The lowest BCUT2D eigenvalue weighted by atomic mass is 9.91. The summed E-state index contributed by atoms with van der Waals surface area (Å²) in [5, 5.41) is 3.71. The van der Waals surface area contributed by atoms with Crippen molar-refractivity contribution in [1.29, 1.82) is 0 Å². The molecular formula is C16H32N2O2. The first kappa shape index (κ1) is 16.2. The number of nitrogens with one attached hydrogen (secondary N) is 1. The van der Waals surface area contributed by atoms with Crippen LogP contribution in [-0.4, -0.2) is 62.0 Å². The maximum Gasteiger partial charge on any atom is 0.0597 e. The fraction of sp³-hybridized carbons (Fsp3) is 1.00. The highest BCUT2D eigenvalue weighted by molar-refractivity contribution is 4.83. The summed E-state index contributed by atoms with van der Waals surface area (Å²) in [5.74, 6) is 0. The minimum Gasteiger partial charge on any atom is -0.379 e. The van der Waals surface area contributed by atoms with E-state index in [0.717, 1.165) is 39.5 Å². The van der Waals surface area contributed by atoms with Crippen LogP contribution in [-0.2, 0) is 9.47 Å². The van der Waals surface area contributed by atoms with Crippen LogP contribution in [0.3, 0.4) is 0 Å². The van der Waals surface area contributed by atoms with Crippen molar-refractivity contribution >= 4 is 0 Å². The molecule has 1 N–H and O–H groups in total. The topological polar surface area (TPSA) is 33.7 Å². The molecule has 4 heteroatoms. The van der Waals surface area contributed by atoms with Gasteiger partial charge in [-0.25, -0.2) is 0 Å². The van der Waals surface area contributed by atoms with E-state index in [-0.39, 0.29) is 5.54 Å². The average Bonchev–Trinajstić information content (AvgIpc) is 2.40. The van der Waals surface area contributed by atoms with Crippen molar-refractivity contribution < 1.29 is 9.47 Å². The first-order valence-corrected chi connectivity index (χ1v) is 8.22. The second-order valence-corrected chi connectivity index (χ2v) is 7.19. The highest BCUT2D eigenvalue weighted by atomic mass is 16.5. The third kappa shape index (κ3) is 6.08. The molecule has 0 amide bonds. The van der Waals surface area contributed by atoms with Crippen molar-refractivity contribution in [3.05, 3.63) is 0 Å². The maximum atomic E-state index is 6.05. The van der Waals surface area contributed by atoms with Gasteiger partial charge in [0, 0.05) is 31.2 Å². The van der Waals surface area contributed by atoms with E-state index < -0.39 is 0 Å². The summed E-state index contributed by atoms with van der Waals surface area (Å²) in [6.07, 6.45) is 5.39. The summed E-state index contributed by atoms with van der Waals surface area (Å²) in [6, 6.07) is 0.675. The summed E-state index contributed by atoms with van der Waals surface area (Å²) in [4.78, 5) is 2.44. The van der Waals surface area contributed by atoms with E-state index in [9.17, 15) is 0 Å². The minimum absolute atomic E-state index is 0.231. The lowest BCUT2D eigenvalue weighted by Gasteiger charge is -2.34. The lowest BCUT2D eigenvalue weighted by Crippen LogP contribution is -2.46. The van der Waals surface area contributed by atoms with Crippen LogP contribution in [0.15, 0.2) is 0 Å². The molecule has 2 fully saturated rings. The van der Waals surface area contributed by atoms with Gasteiger partial charge in [-0.05, 0) is 46.5 Å². The third-order valence-electron chi connectivity index (χ3n) is 4.18. The molecule has 0 spiro atoms. The van der Waals surface area contributed by atoms with Crippen molar-refractivity contribution in [2.24, 2.45) is 0 Å². The van der Waals surface area contributed by atoms with Gasteiger partial charge >= 0.3 is 0 Å². The Bertz CT molecular complexity index is 264. The van der Waals surface area contributed by atoms with E-state index in [0.29, 0.717) is 12.1 Å². The number of rotatable bonds is 5. The van der Waals surface area contributed by atoms with Crippen LogP contribution in [0.25, 0.3) is 0 Å². The smallest absolute Gasteiger partial charge is 0.0597 e. The standard InChI is InChI=1S/C16H32N2O2/c1-16(2,3)17-14-4-6-15(7-5-14)20-13-10-18-8-11-19-12-9-18/h14-15,17H,4-13H2,1-3H3/t14-,15-. The quantitative estimate of drug-likeness (QED) is 0.837. The number of nitrogens with zero attached hydrogens (tertiary/aromatic N) is 1. The molecule has 0 aromatic heterocycles. The fourth-order valence-electron chi connectivity index (χ4n) is 3.16. The SMILES string of the molecule is CC(C)(C)N[C@H]1CC[C@H](OCCN2CCOCC2)CC1. The molecule has 1 heterocycles. The van der Waals surface area contributed by atoms with Crippen LogP contribution < -0.4 is 5.32 Å². The van der Waals surface area contributed by atoms with Gasteiger partial charge in [0.05, 0.1) is 25.9 Å². The zero-order chi connectivity index (χ0) is 14.4. The van der Waals surface area contributed by atoms with Gasteiger partial charge in [-0.15, -0.1) is 0 Å². The number of hydrogen-bond donors (Lipinski definition) is 1. The molecule has 2 rings (SSSR count).